The molecule has 0 fully saturated rings. The summed E-state index contributed by atoms with van der Waals surface area (Å²) in [7, 11) is 1.46. The van der Waals surface area contributed by atoms with Gasteiger partial charge in [-0.1, -0.05) is 5.16 Å². The van der Waals surface area contributed by atoms with Gasteiger partial charge in [0.1, 0.15) is 0 Å². The predicted octanol–water partition coefficient (Wildman–Crippen LogP) is 1.13. The first kappa shape index (κ1) is 13.3. The van der Waals surface area contributed by atoms with Crippen molar-refractivity contribution in [1.82, 2.24) is 0 Å². The number of primary amides is 1. The second kappa shape index (κ2) is 6.09. The fourth-order valence-corrected chi connectivity index (χ4v) is 1.74. The first-order chi connectivity index (χ1) is 8.08. The molecule has 0 unspecified atom stereocenters. The van der Waals surface area contributed by atoms with Crippen molar-refractivity contribution in [2.45, 2.75) is 0 Å². The van der Waals surface area contributed by atoms with Gasteiger partial charge in [-0.3, -0.25) is 4.79 Å². The van der Waals surface area contributed by atoms with Crippen LogP contribution < -0.4 is 15.2 Å². The smallest absolute Gasteiger partial charge is 0.255 e. The Labute approximate surface area is 106 Å². The third-order valence-corrected chi connectivity index (χ3v) is 2.41. The maximum absolute atomic E-state index is 10.6. The van der Waals surface area contributed by atoms with Crippen molar-refractivity contribution in [3.05, 3.63) is 22.2 Å². The highest BCUT2D eigenvalue weighted by Crippen LogP contribution is 2.36. The van der Waals surface area contributed by atoms with Crippen LogP contribution in [-0.4, -0.2) is 31.0 Å². The molecule has 6 nitrogen and oxygen atoms in total. The fourth-order valence-electron chi connectivity index (χ4n) is 1.16. The molecule has 7 heteroatoms. The summed E-state index contributed by atoms with van der Waals surface area (Å²) in [5.41, 5.74) is 5.60. The molecule has 1 aromatic carbocycles. The van der Waals surface area contributed by atoms with Crippen LogP contribution in [0.25, 0.3) is 0 Å². The van der Waals surface area contributed by atoms with E-state index in [2.05, 4.69) is 21.1 Å². The third kappa shape index (κ3) is 3.63. The topological polar surface area (TPSA) is 94.1 Å². The molecule has 0 aliphatic carbocycles. The Morgan fingerprint density at radius 3 is 2.88 bits per heavy atom. The van der Waals surface area contributed by atoms with E-state index in [1.165, 1.54) is 13.3 Å². The van der Waals surface area contributed by atoms with Gasteiger partial charge in [-0.05, 0) is 28.1 Å². The standard InChI is InChI=1S/C10H11BrN2O4/c1-16-8-3-6(4-13-15)2-7(11)10(8)17-5-9(12)14/h2-4,15H,5H2,1H3,(H2,12,14). The van der Waals surface area contributed by atoms with Crippen LogP contribution in [-0.2, 0) is 4.79 Å². The second-order valence-electron chi connectivity index (χ2n) is 3.03. The van der Waals surface area contributed by atoms with Gasteiger partial charge in [0.15, 0.2) is 18.1 Å². The number of halogens is 1. The predicted molar refractivity (Wildman–Crippen MR) is 64.8 cm³/mol. The zero-order valence-electron chi connectivity index (χ0n) is 9.01. The van der Waals surface area contributed by atoms with Gasteiger partial charge < -0.3 is 20.4 Å². The van der Waals surface area contributed by atoms with E-state index in [0.29, 0.717) is 21.5 Å². The molecular weight excluding hydrogens is 292 g/mol. The lowest BCUT2D eigenvalue weighted by atomic mass is 10.2. The van der Waals surface area contributed by atoms with Crippen molar-refractivity contribution in [1.29, 1.82) is 0 Å². The lowest BCUT2D eigenvalue weighted by Crippen LogP contribution is -2.20. The first-order valence-corrected chi connectivity index (χ1v) is 5.34. The zero-order valence-corrected chi connectivity index (χ0v) is 10.6. The van der Waals surface area contributed by atoms with Gasteiger partial charge in [0.25, 0.3) is 5.91 Å². The van der Waals surface area contributed by atoms with E-state index in [1.807, 2.05) is 0 Å². The molecule has 92 valence electrons. The number of oxime groups is 1. The zero-order chi connectivity index (χ0) is 12.8. The quantitative estimate of drug-likeness (QED) is 0.484. The molecule has 0 radical (unpaired) electrons. The Bertz CT molecular complexity index is 448. The molecule has 1 aromatic rings. The largest absolute Gasteiger partial charge is 0.493 e. The van der Waals surface area contributed by atoms with Gasteiger partial charge in [-0.15, -0.1) is 0 Å². The van der Waals surface area contributed by atoms with E-state index in [9.17, 15) is 4.79 Å². The molecule has 0 spiro atoms. The van der Waals surface area contributed by atoms with Crippen LogP contribution in [0.1, 0.15) is 5.56 Å². The van der Waals surface area contributed by atoms with E-state index in [1.54, 1.807) is 12.1 Å². The number of carbonyl (C=O) groups is 1. The van der Waals surface area contributed by atoms with Crippen LogP contribution in [0.15, 0.2) is 21.8 Å². The molecule has 0 saturated heterocycles. The van der Waals surface area contributed by atoms with Gasteiger partial charge in [0.05, 0.1) is 17.8 Å². The number of ether oxygens (including phenoxy) is 2. The number of nitrogens with zero attached hydrogens (tertiary/aromatic N) is 1. The summed E-state index contributed by atoms with van der Waals surface area (Å²) in [6.45, 7) is -0.248. The van der Waals surface area contributed by atoms with Crippen molar-refractivity contribution in [2.24, 2.45) is 10.9 Å². The fraction of sp³-hybridized carbons (Fsp3) is 0.200. The third-order valence-electron chi connectivity index (χ3n) is 1.82. The highest BCUT2D eigenvalue weighted by Gasteiger charge is 2.12. The maximum Gasteiger partial charge on any atom is 0.255 e. The van der Waals surface area contributed by atoms with Crippen LogP contribution in [0.2, 0.25) is 0 Å². The van der Waals surface area contributed by atoms with Gasteiger partial charge in [-0.25, -0.2) is 0 Å². The van der Waals surface area contributed by atoms with E-state index < -0.39 is 5.91 Å². The van der Waals surface area contributed by atoms with Gasteiger partial charge in [0, 0.05) is 5.56 Å². The van der Waals surface area contributed by atoms with Gasteiger partial charge in [0.2, 0.25) is 0 Å². The summed E-state index contributed by atoms with van der Waals surface area (Å²) in [5.74, 6) is 0.178. The second-order valence-corrected chi connectivity index (χ2v) is 3.89. The summed E-state index contributed by atoms with van der Waals surface area (Å²) in [6.07, 6.45) is 1.24. The Morgan fingerprint density at radius 2 is 2.35 bits per heavy atom. The van der Waals surface area contributed by atoms with Crippen LogP contribution in [0, 0.1) is 0 Å². The summed E-state index contributed by atoms with van der Waals surface area (Å²) >= 11 is 3.26. The highest BCUT2D eigenvalue weighted by molar-refractivity contribution is 9.10. The minimum Gasteiger partial charge on any atom is -0.493 e. The molecule has 0 heterocycles. The van der Waals surface area contributed by atoms with Crippen molar-refractivity contribution >= 4 is 28.1 Å². The average Bonchev–Trinajstić information content (AvgIpc) is 2.27. The molecule has 17 heavy (non-hydrogen) atoms. The van der Waals surface area contributed by atoms with E-state index in [0.717, 1.165) is 0 Å². The number of hydrogen-bond donors (Lipinski definition) is 2. The number of carbonyl (C=O) groups excluding carboxylic acids is 1. The van der Waals surface area contributed by atoms with Crippen molar-refractivity contribution in [3.63, 3.8) is 0 Å². The number of rotatable bonds is 5. The molecule has 1 amide bonds. The molecule has 0 saturated carbocycles. The monoisotopic (exact) mass is 302 g/mol. The minimum absolute atomic E-state index is 0.248. The van der Waals surface area contributed by atoms with Crippen molar-refractivity contribution in [2.75, 3.05) is 13.7 Å². The number of hydrogen-bond acceptors (Lipinski definition) is 5. The molecule has 0 aromatic heterocycles. The number of benzene rings is 1. The highest BCUT2D eigenvalue weighted by atomic mass is 79.9. The van der Waals surface area contributed by atoms with E-state index >= 15 is 0 Å². The SMILES string of the molecule is COc1cc(C=NO)cc(Br)c1OCC(N)=O. The van der Waals surface area contributed by atoms with E-state index in [-0.39, 0.29) is 6.61 Å². The molecular formula is C10H11BrN2O4. The normalized spacial score (nSPS) is 10.5. The maximum atomic E-state index is 10.6. The van der Waals surface area contributed by atoms with Crippen molar-refractivity contribution < 1.29 is 19.5 Å². The van der Waals surface area contributed by atoms with E-state index in [4.69, 9.17) is 20.4 Å². The number of methoxy groups -OCH3 is 1. The van der Waals surface area contributed by atoms with Crippen LogP contribution >= 0.6 is 15.9 Å². The Hall–Kier alpha value is -1.76. The summed E-state index contributed by atoms with van der Waals surface area (Å²) in [5, 5.41) is 11.4. The summed E-state index contributed by atoms with van der Waals surface area (Å²) in [6, 6.07) is 3.25. The molecule has 0 aliphatic rings. The molecule has 0 atom stereocenters. The Balaban J connectivity index is 3.07. The summed E-state index contributed by atoms with van der Waals surface area (Å²) < 4.78 is 10.9. The van der Waals surface area contributed by atoms with Crippen LogP contribution in [0.5, 0.6) is 11.5 Å². The lowest BCUT2D eigenvalue weighted by molar-refractivity contribution is -0.119. The van der Waals surface area contributed by atoms with Gasteiger partial charge in [-0.2, -0.15) is 0 Å². The molecule has 3 N–H and O–H groups in total. The lowest BCUT2D eigenvalue weighted by Gasteiger charge is -2.12. The first-order valence-electron chi connectivity index (χ1n) is 4.54. The number of nitrogens with two attached hydrogens (primary N) is 1. The van der Waals surface area contributed by atoms with Crippen LogP contribution in [0.3, 0.4) is 0 Å². The molecule has 0 aliphatic heterocycles. The molecule has 1 rings (SSSR count). The van der Waals surface area contributed by atoms with Crippen molar-refractivity contribution in [3.8, 4) is 11.5 Å². The Kier molecular flexibility index (Phi) is 4.77. The summed E-state index contributed by atoms with van der Waals surface area (Å²) in [4.78, 5) is 10.6. The van der Waals surface area contributed by atoms with Crippen LogP contribution in [0.4, 0.5) is 0 Å². The number of amides is 1. The minimum atomic E-state index is -0.583. The van der Waals surface area contributed by atoms with Gasteiger partial charge >= 0.3 is 0 Å². The molecule has 0 bridgehead atoms. The Morgan fingerprint density at radius 1 is 1.65 bits per heavy atom. The average molecular weight is 303 g/mol.